The molecule has 0 unspecified atom stereocenters. The lowest BCUT2D eigenvalue weighted by molar-refractivity contribution is 0.590. The smallest absolute Gasteiger partial charge is 0.143 e. The first-order valence-electron chi connectivity index (χ1n) is 44.4. The average Bonchev–Trinajstić information content (AvgIpc) is 1.50. The van der Waals surface area contributed by atoms with E-state index in [1.807, 2.05) is 48.5 Å². The second-order valence-electron chi connectivity index (χ2n) is 33.7. The zero-order valence-corrected chi connectivity index (χ0v) is 66.9. The molecule has 0 bridgehead atoms. The number of fused-ring (bicyclic) bond motifs is 26. The molecule has 4 heteroatoms. The Morgan fingerprint density at radius 1 is 0.230 bits per heavy atom. The Labute approximate surface area is 711 Å². The molecule has 0 fully saturated rings. The molecule has 4 aromatic heterocycles. The predicted molar refractivity (Wildman–Crippen MR) is 507 cm³/mol. The molecule has 122 heavy (non-hydrogen) atoms. The summed E-state index contributed by atoms with van der Waals surface area (Å²) in [5.74, 6) is 0. The molecule has 0 radical (unpaired) electrons. The Kier molecular flexibility index (Phi) is 14.1. The lowest BCUT2D eigenvalue weighted by Gasteiger charge is -2.35. The maximum atomic E-state index is 9.00. The van der Waals surface area contributed by atoms with Crippen molar-refractivity contribution in [2.75, 3.05) is 0 Å². The van der Waals surface area contributed by atoms with E-state index >= 15 is 0 Å². The fourth-order valence-corrected chi connectivity index (χ4v) is 21.5. The van der Waals surface area contributed by atoms with E-state index in [9.17, 15) is 0 Å². The van der Waals surface area contributed by atoms with Crippen LogP contribution in [0, 0.1) is 0 Å². The molecule has 572 valence electrons. The molecule has 0 atom stereocenters. The summed E-state index contributed by atoms with van der Waals surface area (Å²) in [6.07, 6.45) is 0. The first-order valence-corrected chi connectivity index (χ1v) is 41.9. The largest absolute Gasteiger partial charge is 0.456 e. The second kappa shape index (κ2) is 26.6. The first-order chi connectivity index (χ1) is 62.3. The minimum atomic E-state index is -0.757. The number of furan rings is 4. The van der Waals surface area contributed by atoms with Gasteiger partial charge in [-0.15, -0.1) is 0 Å². The molecule has 0 aliphatic heterocycles. The quantitative estimate of drug-likeness (QED) is 0.142. The number of benzene rings is 20. The van der Waals surface area contributed by atoms with Crippen molar-refractivity contribution in [1.29, 1.82) is 0 Å². The third kappa shape index (κ3) is 9.86. The van der Waals surface area contributed by atoms with Crippen molar-refractivity contribution in [3.05, 3.63) is 456 Å². The molecule has 0 amide bonds. The zero-order chi connectivity index (χ0) is 85.0. The van der Waals surface area contributed by atoms with E-state index in [4.69, 9.17) is 24.5 Å². The van der Waals surface area contributed by atoms with Gasteiger partial charge in [-0.25, -0.2) is 0 Å². The Morgan fingerprint density at radius 2 is 0.582 bits per heavy atom. The molecular formula is C118H76O4. The van der Waals surface area contributed by atoms with Crippen molar-refractivity contribution in [1.82, 2.24) is 0 Å². The topological polar surface area (TPSA) is 52.6 Å². The molecule has 24 aromatic rings. The van der Waals surface area contributed by atoms with Crippen LogP contribution in [0.15, 0.2) is 424 Å². The van der Waals surface area contributed by atoms with Crippen molar-refractivity contribution in [3.8, 4) is 66.8 Å². The molecule has 2 aliphatic carbocycles. The molecule has 20 aromatic carbocycles. The molecule has 26 rings (SSSR count). The first kappa shape index (κ1) is 64.7. The van der Waals surface area contributed by atoms with Crippen LogP contribution in [-0.4, -0.2) is 0 Å². The van der Waals surface area contributed by atoms with Gasteiger partial charge in [0, 0.05) is 65.3 Å². The van der Waals surface area contributed by atoms with Crippen molar-refractivity contribution >= 4 is 131 Å². The molecular weight excluding hydrogens is 1480 g/mol. The summed E-state index contributed by atoms with van der Waals surface area (Å²) in [4.78, 5) is 0. The summed E-state index contributed by atoms with van der Waals surface area (Å²) in [6, 6.07) is 133. The molecule has 4 nitrogen and oxygen atoms in total. The standard InChI is InChI=1S/C61H42O2.C57H34O2/c1-60(2,3)38-32-30-37(31-33-38)53-43-24-10-12-26-45(43)54(46-27-13-11-25-44(46)53)49-36-48-42-23-15-17-29-52(42)63-59(48)56-55-50(35-34-47-41-22-14-16-28-51(41)62-58(47)55)61(57(49)56,39-18-6-4-7-19-39)40-20-8-5-9-21-40;1-4-16-35(17-5-1)51-39-22-10-12-24-41(39)52(42-25-13-11-23-40(42)51)36-28-32-49-45(34-36)43-29-30-47-55(56(43)59-49)54-46(31-33-50-53(54)44-26-14-15-27-48(44)58-50)57(47,37-18-6-2-7-19-37)38-20-8-3-9-21-38/h4-36H,1-3H3;1-34H/i;1D,4D,5D,16D,17D. The van der Waals surface area contributed by atoms with Gasteiger partial charge >= 0.3 is 0 Å². The van der Waals surface area contributed by atoms with Crippen LogP contribution in [0.1, 0.15) is 77.7 Å². The van der Waals surface area contributed by atoms with E-state index in [0.29, 0.717) is 5.56 Å². The molecule has 0 spiro atoms. The van der Waals surface area contributed by atoms with E-state index in [1.165, 1.54) is 77.2 Å². The minimum absolute atomic E-state index is 0.0539. The maximum Gasteiger partial charge on any atom is 0.143 e. The summed E-state index contributed by atoms with van der Waals surface area (Å²) in [6.45, 7) is 6.84. The molecule has 2 aliphatic rings. The van der Waals surface area contributed by atoms with Crippen molar-refractivity contribution in [3.63, 3.8) is 0 Å². The van der Waals surface area contributed by atoms with E-state index in [2.05, 4.69) is 348 Å². The number of hydrogen-bond acceptors (Lipinski definition) is 4. The van der Waals surface area contributed by atoms with Gasteiger partial charge in [0.2, 0.25) is 0 Å². The lowest BCUT2D eigenvalue weighted by Crippen LogP contribution is -2.29. The highest BCUT2D eigenvalue weighted by molar-refractivity contribution is 6.28. The van der Waals surface area contributed by atoms with Gasteiger partial charge in [-0.05, 0) is 186 Å². The zero-order valence-electron chi connectivity index (χ0n) is 71.9. The van der Waals surface area contributed by atoms with Crippen molar-refractivity contribution in [2.45, 2.75) is 37.0 Å². The van der Waals surface area contributed by atoms with E-state index in [0.717, 1.165) is 159 Å². The second-order valence-corrected chi connectivity index (χ2v) is 33.7. The third-order valence-electron chi connectivity index (χ3n) is 26.5. The van der Waals surface area contributed by atoms with Crippen LogP contribution < -0.4 is 0 Å². The molecule has 0 N–H and O–H groups in total. The lowest BCUT2D eigenvalue weighted by atomic mass is 9.65. The van der Waals surface area contributed by atoms with E-state index < -0.39 is 16.9 Å². The Bertz CT molecular complexity index is 8570. The SMILES string of the molecule is CC(C)(C)c1ccc(-c2c3ccccc3c(-c3cc4c(oc5ccccc54)c4c3C(c3ccccc3)(c3ccccc3)c3ccc5c(oc6ccccc65)c3-4)c3ccccc23)cc1.[2H]c1c([2H])c([2H])c(-c2c3ccccc3c(-c3ccc4oc5c6c(ccc5c4c3)C(c3ccccc3)(c3ccccc3)c3ccc4oc5ccccc5c4c3-6)c3ccccc23)c([2H])c1[2H]. The number of hydrogen-bond donors (Lipinski definition) is 0. The Hall–Kier alpha value is -15.4. The van der Waals surface area contributed by atoms with E-state index in [-0.39, 0.29) is 35.1 Å². The van der Waals surface area contributed by atoms with Gasteiger partial charge < -0.3 is 17.7 Å². The minimum Gasteiger partial charge on any atom is -0.456 e. The summed E-state index contributed by atoms with van der Waals surface area (Å²) in [7, 11) is 0. The number of rotatable bonds is 8. The van der Waals surface area contributed by atoms with Gasteiger partial charge in [-0.1, -0.05) is 385 Å². The maximum absolute atomic E-state index is 9.00. The third-order valence-corrected chi connectivity index (χ3v) is 26.5. The van der Waals surface area contributed by atoms with Crippen molar-refractivity contribution < 1.29 is 24.5 Å². The highest BCUT2D eigenvalue weighted by atomic mass is 16.3. The van der Waals surface area contributed by atoms with Gasteiger partial charge in [0.05, 0.1) is 17.7 Å². The average molecular weight is 1560 g/mol. The number of para-hydroxylation sites is 3. The summed E-state index contributed by atoms with van der Waals surface area (Å²) in [5.41, 5.74) is 28.1. The summed E-state index contributed by atoms with van der Waals surface area (Å²) < 4.78 is 71.3. The summed E-state index contributed by atoms with van der Waals surface area (Å²) >= 11 is 0. The van der Waals surface area contributed by atoms with Gasteiger partial charge in [0.1, 0.15) is 44.7 Å². The van der Waals surface area contributed by atoms with Crippen LogP contribution in [0.3, 0.4) is 0 Å². The normalized spacial score (nSPS) is 13.9. The highest BCUT2D eigenvalue weighted by Crippen LogP contribution is 2.66. The molecule has 4 heterocycles. The van der Waals surface area contributed by atoms with Crippen molar-refractivity contribution in [2.24, 2.45) is 0 Å². The van der Waals surface area contributed by atoms with Crippen LogP contribution in [0.5, 0.6) is 0 Å². The van der Waals surface area contributed by atoms with Gasteiger partial charge in [0.25, 0.3) is 0 Å². The van der Waals surface area contributed by atoms with Gasteiger partial charge in [-0.3, -0.25) is 0 Å². The fraction of sp³-hybridized carbons (Fsp3) is 0.0508. The van der Waals surface area contributed by atoms with Gasteiger partial charge in [-0.2, -0.15) is 0 Å². The fourth-order valence-electron chi connectivity index (χ4n) is 21.5. The predicted octanol–water partition coefficient (Wildman–Crippen LogP) is 32.3. The summed E-state index contributed by atoms with van der Waals surface area (Å²) in [5, 5.41) is 16.8. The van der Waals surface area contributed by atoms with Gasteiger partial charge in [0.15, 0.2) is 0 Å². The molecule has 0 saturated heterocycles. The molecule has 0 saturated carbocycles. The van der Waals surface area contributed by atoms with E-state index in [1.54, 1.807) is 0 Å². The Balaban J connectivity index is 0.000000138. The van der Waals surface area contributed by atoms with Crippen LogP contribution in [-0.2, 0) is 16.2 Å². The highest BCUT2D eigenvalue weighted by Gasteiger charge is 2.52. The van der Waals surface area contributed by atoms with Crippen LogP contribution >= 0.6 is 0 Å². The monoisotopic (exact) mass is 1560 g/mol. The van der Waals surface area contributed by atoms with Crippen LogP contribution in [0.2, 0.25) is 0 Å². The van der Waals surface area contributed by atoms with Crippen LogP contribution in [0.4, 0.5) is 0 Å². The van der Waals surface area contributed by atoms with Crippen LogP contribution in [0.25, 0.3) is 198 Å². The Morgan fingerprint density at radius 3 is 1.08 bits per heavy atom.